The number of aromatic nitrogens is 2. The zero-order valence-electron chi connectivity index (χ0n) is 14.5. The molecule has 2 heterocycles. The lowest BCUT2D eigenvalue weighted by Crippen LogP contribution is -2.18. The molecule has 4 rings (SSSR count). The van der Waals surface area contributed by atoms with E-state index in [1.807, 2.05) is 6.07 Å². The third-order valence-electron chi connectivity index (χ3n) is 5.17. The van der Waals surface area contributed by atoms with Crippen molar-refractivity contribution in [3.05, 3.63) is 53.6 Å². The van der Waals surface area contributed by atoms with Crippen LogP contribution >= 0.6 is 12.4 Å². The molecule has 1 aliphatic rings. The predicted octanol–water partition coefficient (Wildman–Crippen LogP) is 5.81. The standard InChI is InChI=1S/C20H21FN2O.ClH/c1-13-14(2)23(12-15-4-3-5-15)20-18(10-11-22-19(13)20)24-17-8-6-16(21)7-9-17;/h6-11,15H,3-5,12H2,1-2H3;1H. The third-order valence-corrected chi connectivity index (χ3v) is 5.17. The SMILES string of the molecule is Cc1c(C)n(CC2CCC2)c2c(Oc3ccc(F)cc3)ccnc12.Cl. The molecule has 1 aliphatic carbocycles. The Labute approximate surface area is 153 Å². The fraction of sp³-hybridized carbons (Fsp3) is 0.350. The van der Waals surface area contributed by atoms with Crippen LogP contribution in [0.2, 0.25) is 0 Å². The fourth-order valence-electron chi connectivity index (χ4n) is 3.39. The summed E-state index contributed by atoms with van der Waals surface area (Å²) in [5.74, 6) is 1.90. The second kappa shape index (κ2) is 7.04. The van der Waals surface area contributed by atoms with E-state index in [2.05, 4.69) is 23.4 Å². The van der Waals surface area contributed by atoms with Crippen LogP contribution in [-0.2, 0) is 6.54 Å². The summed E-state index contributed by atoms with van der Waals surface area (Å²) in [5.41, 5.74) is 4.49. The number of hydrogen-bond acceptors (Lipinski definition) is 2. The second-order valence-electron chi connectivity index (χ2n) is 6.68. The van der Waals surface area contributed by atoms with Gasteiger partial charge in [-0.05, 0) is 62.4 Å². The van der Waals surface area contributed by atoms with Crippen LogP contribution in [0.3, 0.4) is 0 Å². The first kappa shape index (κ1) is 17.7. The topological polar surface area (TPSA) is 27.1 Å². The molecule has 1 aromatic carbocycles. The molecule has 5 heteroatoms. The van der Waals surface area contributed by atoms with E-state index >= 15 is 0 Å². The van der Waals surface area contributed by atoms with Crippen molar-refractivity contribution < 1.29 is 9.13 Å². The third kappa shape index (κ3) is 3.23. The minimum atomic E-state index is -0.262. The molecule has 0 spiro atoms. The van der Waals surface area contributed by atoms with E-state index in [4.69, 9.17) is 4.74 Å². The molecule has 0 aliphatic heterocycles. The van der Waals surface area contributed by atoms with Gasteiger partial charge in [0, 0.05) is 24.5 Å². The van der Waals surface area contributed by atoms with Crippen LogP contribution in [-0.4, -0.2) is 9.55 Å². The number of benzene rings is 1. The van der Waals surface area contributed by atoms with Crippen LogP contribution in [0.25, 0.3) is 11.0 Å². The van der Waals surface area contributed by atoms with Crippen LogP contribution in [0, 0.1) is 25.6 Å². The van der Waals surface area contributed by atoms with Crippen molar-refractivity contribution in [2.75, 3.05) is 0 Å². The van der Waals surface area contributed by atoms with E-state index in [0.29, 0.717) is 5.75 Å². The van der Waals surface area contributed by atoms with Gasteiger partial charge in [-0.2, -0.15) is 0 Å². The largest absolute Gasteiger partial charge is 0.455 e. The molecule has 0 bridgehead atoms. The number of rotatable bonds is 4. The molecule has 1 fully saturated rings. The van der Waals surface area contributed by atoms with Crippen LogP contribution < -0.4 is 4.74 Å². The number of hydrogen-bond donors (Lipinski definition) is 0. The van der Waals surface area contributed by atoms with Gasteiger partial charge in [-0.25, -0.2) is 4.39 Å². The summed E-state index contributed by atoms with van der Waals surface area (Å²) in [6.07, 6.45) is 5.71. The summed E-state index contributed by atoms with van der Waals surface area (Å²) < 4.78 is 21.5. The number of aryl methyl sites for hydroxylation is 1. The van der Waals surface area contributed by atoms with Crippen molar-refractivity contribution in [1.29, 1.82) is 0 Å². The maximum Gasteiger partial charge on any atom is 0.154 e. The lowest BCUT2D eigenvalue weighted by atomic mass is 9.85. The number of nitrogens with zero attached hydrogens (tertiary/aromatic N) is 2. The monoisotopic (exact) mass is 360 g/mol. The summed E-state index contributed by atoms with van der Waals surface area (Å²) in [6, 6.07) is 8.03. The molecular weight excluding hydrogens is 339 g/mol. The van der Waals surface area contributed by atoms with Gasteiger partial charge >= 0.3 is 0 Å². The Morgan fingerprint density at radius 1 is 1.16 bits per heavy atom. The fourth-order valence-corrected chi connectivity index (χ4v) is 3.39. The van der Waals surface area contributed by atoms with Gasteiger partial charge in [-0.15, -0.1) is 12.4 Å². The normalized spacial score (nSPS) is 14.2. The molecule has 0 unspecified atom stereocenters. The molecule has 3 nitrogen and oxygen atoms in total. The highest BCUT2D eigenvalue weighted by Gasteiger charge is 2.23. The van der Waals surface area contributed by atoms with Gasteiger partial charge in [0.05, 0.1) is 5.52 Å². The Morgan fingerprint density at radius 2 is 1.88 bits per heavy atom. The molecule has 132 valence electrons. The highest BCUT2D eigenvalue weighted by Crippen LogP contribution is 2.36. The summed E-state index contributed by atoms with van der Waals surface area (Å²) in [4.78, 5) is 4.57. The molecule has 25 heavy (non-hydrogen) atoms. The van der Waals surface area contributed by atoms with Gasteiger partial charge in [-0.1, -0.05) is 6.42 Å². The van der Waals surface area contributed by atoms with Crippen molar-refractivity contribution in [2.24, 2.45) is 5.92 Å². The molecular formula is C20H22ClFN2O. The Morgan fingerprint density at radius 3 is 2.52 bits per heavy atom. The van der Waals surface area contributed by atoms with E-state index < -0.39 is 0 Å². The van der Waals surface area contributed by atoms with Gasteiger partial charge in [-0.3, -0.25) is 4.98 Å². The number of halogens is 2. The van der Waals surface area contributed by atoms with E-state index in [-0.39, 0.29) is 18.2 Å². The molecule has 0 N–H and O–H groups in total. The van der Waals surface area contributed by atoms with E-state index in [1.54, 1.807) is 18.3 Å². The summed E-state index contributed by atoms with van der Waals surface area (Å²) >= 11 is 0. The lowest BCUT2D eigenvalue weighted by molar-refractivity contribution is 0.277. The summed E-state index contributed by atoms with van der Waals surface area (Å²) in [6.45, 7) is 5.28. The number of fused-ring (bicyclic) bond motifs is 1. The first-order valence-corrected chi connectivity index (χ1v) is 8.51. The van der Waals surface area contributed by atoms with Crippen molar-refractivity contribution in [3.8, 4) is 11.5 Å². The zero-order chi connectivity index (χ0) is 16.7. The number of pyridine rings is 1. The van der Waals surface area contributed by atoms with Crippen molar-refractivity contribution in [3.63, 3.8) is 0 Å². The minimum Gasteiger partial charge on any atom is -0.455 e. The van der Waals surface area contributed by atoms with Crippen LogP contribution in [0.15, 0.2) is 36.5 Å². The minimum absolute atomic E-state index is 0. The maximum atomic E-state index is 13.1. The Kier molecular flexibility index (Phi) is 5.00. The molecule has 0 saturated heterocycles. The van der Waals surface area contributed by atoms with Gasteiger partial charge in [0.15, 0.2) is 5.75 Å². The Hall–Kier alpha value is -2.07. The Bertz CT molecular complexity index is 885. The summed E-state index contributed by atoms with van der Waals surface area (Å²) in [7, 11) is 0. The first-order valence-electron chi connectivity index (χ1n) is 8.51. The quantitative estimate of drug-likeness (QED) is 0.587. The van der Waals surface area contributed by atoms with Crippen molar-refractivity contribution in [2.45, 2.75) is 39.7 Å². The van der Waals surface area contributed by atoms with Crippen LogP contribution in [0.1, 0.15) is 30.5 Å². The molecule has 2 aromatic heterocycles. The lowest BCUT2D eigenvalue weighted by Gasteiger charge is -2.27. The van der Waals surface area contributed by atoms with Crippen LogP contribution in [0.4, 0.5) is 4.39 Å². The average molecular weight is 361 g/mol. The molecule has 1 saturated carbocycles. The van der Waals surface area contributed by atoms with E-state index in [9.17, 15) is 4.39 Å². The van der Waals surface area contributed by atoms with Crippen LogP contribution in [0.5, 0.6) is 11.5 Å². The average Bonchev–Trinajstić information content (AvgIpc) is 2.79. The van der Waals surface area contributed by atoms with Gasteiger partial charge < -0.3 is 9.30 Å². The predicted molar refractivity (Wildman–Crippen MR) is 100 cm³/mol. The van der Waals surface area contributed by atoms with E-state index in [0.717, 1.165) is 29.2 Å². The van der Waals surface area contributed by atoms with E-state index in [1.165, 1.54) is 42.7 Å². The van der Waals surface area contributed by atoms with Gasteiger partial charge in [0.2, 0.25) is 0 Å². The van der Waals surface area contributed by atoms with Crippen molar-refractivity contribution in [1.82, 2.24) is 9.55 Å². The van der Waals surface area contributed by atoms with Gasteiger partial charge in [0.1, 0.15) is 17.1 Å². The molecule has 0 radical (unpaired) electrons. The zero-order valence-corrected chi connectivity index (χ0v) is 15.3. The second-order valence-corrected chi connectivity index (χ2v) is 6.68. The van der Waals surface area contributed by atoms with Gasteiger partial charge in [0.25, 0.3) is 0 Å². The van der Waals surface area contributed by atoms with Crippen molar-refractivity contribution >= 4 is 23.4 Å². The Balaban J connectivity index is 0.00000182. The maximum absolute atomic E-state index is 13.1. The molecule has 0 atom stereocenters. The molecule has 3 aromatic rings. The smallest absolute Gasteiger partial charge is 0.154 e. The molecule has 0 amide bonds. The summed E-state index contributed by atoms with van der Waals surface area (Å²) in [5, 5.41) is 0. The first-order chi connectivity index (χ1) is 11.6. The number of ether oxygens (including phenoxy) is 1. The highest BCUT2D eigenvalue weighted by atomic mass is 35.5. The highest BCUT2D eigenvalue weighted by molar-refractivity contribution is 5.87.